The van der Waals surface area contributed by atoms with Gasteiger partial charge >= 0.3 is 17.9 Å². The summed E-state index contributed by atoms with van der Waals surface area (Å²) in [4.78, 5) is 33.8. The molecule has 1 unspecified atom stereocenters. The highest BCUT2D eigenvalue weighted by molar-refractivity contribution is 6.20. The van der Waals surface area contributed by atoms with E-state index in [0.717, 1.165) is 6.08 Å². The number of benzene rings is 1. The highest BCUT2D eigenvalue weighted by Gasteiger charge is 2.18. The van der Waals surface area contributed by atoms with E-state index in [2.05, 4.69) is 6.58 Å². The second kappa shape index (κ2) is 9.63. The molecule has 1 atom stereocenters. The first-order valence-corrected chi connectivity index (χ1v) is 7.32. The second-order valence-corrected chi connectivity index (χ2v) is 5.18. The van der Waals surface area contributed by atoms with E-state index < -0.39 is 23.3 Å². The van der Waals surface area contributed by atoms with Gasteiger partial charge in [0.1, 0.15) is 6.61 Å². The lowest BCUT2D eigenvalue weighted by Crippen LogP contribution is -2.17. The number of halogens is 1. The predicted octanol–water partition coefficient (Wildman–Crippen LogP) is 2.66. The summed E-state index contributed by atoms with van der Waals surface area (Å²) < 4.78 is 9.81. The van der Waals surface area contributed by atoms with Crippen LogP contribution in [-0.4, -0.2) is 41.6 Å². The number of hydrogen-bond acceptors (Lipinski definition) is 5. The van der Waals surface area contributed by atoms with Gasteiger partial charge in [0.2, 0.25) is 0 Å². The van der Waals surface area contributed by atoms with Crippen LogP contribution in [0.5, 0.6) is 0 Å². The lowest BCUT2D eigenvalue weighted by Gasteiger charge is -2.11. The monoisotopic (exact) mass is 340 g/mol. The molecule has 0 saturated carbocycles. The molecule has 0 radical (unpaired) electrons. The molecule has 0 heterocycles. The van der Waals surface area contributed by atoms with Crippen LogP contribution in [-0.2, 0) is 14.3 Å². The van der Waals surface area contributed by atoms with Crippen molar-refractivity contribution >= 4 is 29.5 Å². The Hall–Kier alpha value is -2.34. The molecule has 0 aliphatic carbocycles. The minimum Gasteiger partial charge on any atom is -0.478 e. The quantitative estimate of drug-likeness (QED) is 0.322. The second-order valence-electron chi connectivity index (χ2n) is 4.56. The van der Waals surface area contributed by atoms with Gasteiger partial charge in [0.15, 0.2) is 0 Å². The predicted molar refractivity (Wildman–Crippen MR) is 83.7 cm³/mol. The number of carbonyl (C=O) groups excluding carboxylic acids is 2. The van der Waals surface area contributed by atoms with Gasteiger partial charge in [-0.2, -0.15) is 0 Å². The molecule has 7 heteroatoms. The van der Waals surface area contributed by atoms with E-state index >= 15 is 0 Å². The SMILES string of the molecule is C=CC(=O)OCCCC(Cl)COC(=O)c1ccccc1C(=O)O. The molecule has 0 fully saturated rings. The average Bonchev–Trinajstić information content (AvgIpc) is 2.56. The Bertz CT molecular complexity index is 584. The molecular formula is C16H17ClO6. The number of alkyl halides is 1. The maximum absolute atomic E-state index is 11.9. The lowest BCUT2D eigenvalue weighted by atomic mass is 10.1. The van der Waals surface area contributed by atoms with Crippen LogP contribution in [0.1, 0.15) is 33.6 Å². The Labute approximate surface area is 138 Å². The fraction of sp³-hybridized carbons (Fsp3) is 0.312. The minimum atomic E-state index is -1.20. The molecule has 0 aliphatic rings. The molecule has 0 aliphatic heterocycles. The third-order valence-corrected chi connectivity index (χ3v) is 3.19. The van der Waals surface area contributed by atoms with Crippen molar-refractivity contribution in [3.8, 4) is 0 Å². The van der Waals surface area contributed by atoms with Crippen molar-refractivity contribution in [3.05, 3.63) is 48.0 Å². The Morgan fingerprint density at radius 3 is 2.48 bits per heavy atom. The number of carboxylic acids is 1. The van der Waals surface area contributed by atoms with Crippen LogP contribution in [0.2, 0.25) is 0 Å². The van der Waals surface area contributed by atoms with Crippen LogP contribution in [0.3, 0.4) is 0 Å². The number of rotatable bonds is 9. The summed E-state index contributed by atoms with van der Waals surface area (Å²) in [5, 5.41) is 8.56. The molecule has 1 aromatic carbocycles. The summed E-state index contributed by atoms with van der Waals surface area (Å²) in [6.07, 6.45) is 2.05. The average molecular weight is 341 g/mol. The number of hydrogen-bond donors (Lipinski definition) is 1. The topological polar surface area (TPSA) is 89.9 Å². The summed E-state index contributed by atoms with van der Waals surface area (Å²) in [6.45, 7) is 3.40. The van der Waals surface area contributed by atoms with Crippen molar-refractivity contribution in [2.45, 2.75) is 18.2 Å². The highest BCUT2D eigenvalue weighted by Crippen LogP contribution is 2.12. The number of aromatic carboxylic acids is 1. The fourth-order valence-electron chi connectivity index (χ4n) is 1.71. The standard InChI is InChI=1S/C16H17ClO6/c1-2-14(18)22-9-5-6-11(17)10-23-16(21)13-8-4-3-7-12(13)15(19)20/h2-4,7-8,11H,1,5-6,9-10H2,(H,19,20). The molecule has 1 N–H and O–H groups in total. The van der Waals surface area contributed by atoms with Crippen LogP contribution in [0.15, 0.2) is 36.9 Å². The summed E-state index contributed by atoms with van der Waals surface area (Å²) >= 11 is 6.01. The summed E-state index contributed by atoms with van der Waals surface area (Å²) in [6, 6.07) is 5.78. The third kappa shape index (κ3) is 6.52. The van der Waals surface area contributed by atoms with Gasteiger partial charge in [-0.05, 0) is 25.0 Å². The van der Waals surface area contributed by atoms with Crippen LogP contribution in [0.4, 0.5) is 0 Å². The van der Waals surface area contributed by atoms with Gasteiger partial charge in [0, 0.05) is 6.08 Å². The van der Waals surface area contributed by atoms with Gasteiger partial charge in [-0.15, -0.1) is 11.6 Å². The van der Waals surface area contributed by atoms with Crippen LogP contribution >= 0.6 is 11.6 Å². The normalized spacial score (nSPS) is 11.3. The van der Waals surface area contributed by atoms with Gasteiger partial charge in [0.05, 0.1) is 23.1 Å². The number of esters is 2. The van der Waals surface area contributed by atoms with Crippen molar-refractivity contribution in [2.75, 3.05) is 13.2 Å². The first-order valence-electron chi connectivity index (χ1n) is 6.88. The van der Waals surface area contributed by atoms with Crippen LogP contribution in [0.25, 0.3) is 0 Å². The van der Waals surface area contributed by atoms with Gasteiger partial charge < -0.3 is 14.6 Å². The molecule has 0 aromatic heterocycles. The zero-order valence-electron chi connectivity index (χ0n) is 12.4. The molecule has 0 bridgehead atoms. The number of ether oxygens (including phenoxy) is 2. The molecule has 1 rings (SSSR count). The van der Waals surface area contributed by atoms with Gasteiger partial charge in [-0.25, -0.2) is 14.4 Å². The molecule has 1 aromatic rings. The van der Waals surface area contributed by atoms with Gasteiger partial charge in [-0.3, -0.25) is 0 Å². The van der Waals surface area contributed by atoms with E-state index in [0.29, 0.717) is 12.8 Å². The maximum Gasteiger partial charge on any atom is 0.339 e. The smallest absolute Gasteiger partial charge is 0.339 e. The van der Waals surface area contributed by atoms with Crippen molar-refractivity contribution in [3.63, 3.8) is 0 Å². The number of carbonyl (C=O) groups is 3. The number of carboxylic acid groups (broad SMARTS) is 1. The zero-order chi connectivity index (χ0) is 17.2. The molecule has 0 spiro atoms. The summed E-state index contributed by atoms with van der Waals surface area (Å²) in [5.74, 6) is -2.46. The third-order valence-electron chi connectivity index (χ3n) is 2.85. The molecular weight excluding hydrogens is 324 g/mol. The molecule has 6 nitrogen and oxygen atoms in total. The molecule has 124 valence electrons. The minimum absolute atomic E-state index is 0.0243. The van der Waals surface area contributed by atoms with Crippen molar-refractivity contribution in [1.82, 2.24) is 0 Å². The fourth-order valence-corrected chi connectivity index (χ4v) is 1.93. The maximum atomic E-state index is 11.9. The van der Waals surface area contributed by atoms with E-state index in [-0.39, 0.29) is 24.3 Å². The molecule has 0 saturated heterocycles. The lowest BCUT2D eigenvalue weighted by molar-refractivity contribution is -0.137. The Morgan fingerprint density at radius 1 is 1.22 bits per heavy atom. The van der Waals surface area contributed by atoms with E-state index in [4.69, 9.17) is 26.2 Å². The first-order chi connectivity index (χ1) is 11.0. The van der Waals surface area contributed by atoms with E-state index in [9.17, 15) is 14.4 Å². The first kappa shape index (κ1) is 18.7. The Kier molecular flexibility index (Phi) is 7.83. The molecule has 0 amide bonds. The van der Waals surface area contributed by atoms with Crippen molar-refractivity contribution in [1.29, 1.82) is 0 Å². The largest absolute Gasteiger partial charge is 0.478 e. The van der Waals surface area contributed by atoms with Crippen LogP contribution < -0.4 is 0 Å². The van der Waals surface area contributed by atoms with Crippen LogP contribution in [0, 0.1) is 0 Å². The van der Waals surface area contributed by atoms with E-state index in [1.165, 1.54) is 18.2 Å². The Morgan fingerprint density at radius 2 is 1.87 bits per heavy atom. The summed E-state index contributed by atoms with van der Waals surface area (Å²) in [7, 11) is 0. The van der Waals surface area contributed by atoms with Gasteiger partial charge in [0.25, 0.3) is 0 Å². The molecule has 23 heavy (non-hydrogen) atoms. The zero-order valence-corrected chi connectivity index (χ0v) is 13.1. The van der Waals surface area contributed by atoms with Crippen molar-refractivity contribution in [2.24, 2.45) is 0 Å². The van der Waals surface area contributed by atoms with E-state index in [1.807, 2.05) is 0 Å². The van der Waals surface area contributed by atoms with Crippen molar-refractivity contribution < 1.29 is 29.0 Å². The van der Waals surface area contributed by atoms with E-state index in [1.54, 1.807) is 6.07 Å². The highest BCUT2D eigenvalue weighted by atomic mass is 35.5. The summed E-state index contributed by atoms with van der Waals surface area (Å²) in [5.41, 5.74) is -0.149. The Balaban J connectivity index is 2.40. The van der Waals surface area contributed by atoms with Gasteiger partial charge in [-0.1, -0.05) is 18.7 Å².